The summed E-state index contributed by atoms with van der Waals surface area (Å²) < 4.78 is 14.0. The molecule has 1 aromatic carbocycles. The molecule has 7 nitrogen and oxygen atoms in total. The zero-order chi connectivity index (χ0) is 20.3. The lowest BCUT2D eigenvalue weighted by Crippen LogP contribution is -2.48. The molecule has 1 aliphatic rings. The number of ether oxygens (including phenoxy) is 2. The largest absolute Gasteiger partial charge is 0.490 e. The van der Waals surface area contributed by atoms with Crippen LogP contribution in [0.5, 0.6) is 5.75 Å². The van der Waals surface area contributed by atoms with Crippen molar-refractivity contribution in [2.24, 2.45) is 5.92 Å². The first-order valence-electron chi connectivity index (χ1n) is 9.85. The van der Waals surface area contributed by atoms with Crippen LogP contribution < -0.4 is 4.74 Å². The van der Waals surface area contributed by atoms with E-state index in [1.807, 2.05) is 43.6 Å². The molecule has 1 aliphatic heterocycles. The van der Waals surface area contributed by atoms with Gasteiger partial charge in [0.15, 0.2) is 8.32 Å². The molecule has 8 heteroatoms. The van der Waals surface area contributed by atoms with Gasteiger partial charge >= 0.3 is 0 Å². The predicted molar refractivity (Wildman–Crippen MR) is 109 cm³/mol. The van der Waals surface area contributed by atoms with Gasteiger partial charge < -0.3 is 19.4 Å². The molecule has 0 amide bonds. The fourth-order valence-electron chi connectivity index (χ4n) is 4.19. The lowest BCUT2D eigenvalue weighted by molar-refractivity contribution is -0.0247. The van der Waals surface area contributed by atoms with Gasteiger partial charge in [0, 0.05) is 49.9 Å². The molecule has 4 atom stereocenters. The highest BCUT2D eigenvalue weighted by atomic mass is 28.4. The third-order valence-electron chi connectivity index (χ3n) is 5.67. The standard InChI is InChI=1S/C20H31N3O4Si/c1-14-19(26-2)16-7-5-6-8-17(16)27-20(14)18(28(3,4)25)9-11-23-13-15(10-12-24)21-22-23/h5-8,13-14,18-20,24-25H,9-12H2,1-4H3/t14-,18?,19-,20-/m1/s1. The lowest BCUT2D eigenvalue weighted by atomic mass is 9.86. The molecule has 0 saturated carbocycles. The zero-order valence-electron chi connectivity index (χ0n) is 17.1. The smallest absolute Gasteiger partial charge is 0.189 e. The van der Waals surface area contributed by atoms with E-state index < -0.39 is 8.32 Å². The number of rotatable bonds is 8. The number of para-hydroxylation sites is 1. The van der Waals surface area contributed by atoms with Crippen LogP contribution in [0.15, 0.2) is 30.5 Å². The molecule has 0 aliphatic carbocycles. The maximum Gasteiger partial charge on any atom is 0.189 e. The Balaban J connectivity index is 1.81. The highest BCUT2D eigenvalue weighted by Crippen LogP contribution is 2.46. The Hall–Kier alpha value is -1.74. The summed E-state index contributed by atoms with van der Waals surface area (Å²) in [4.78, 5) is 11.1. The van der Waals surface area contributed by atoms with E-state index in [2.05, 4.69) is 17.2 Å². The average Bonchev–Trinajstić information content (AvgIpc) is 3.09. The summed E-state index contributed by atoms with van der Waals surface area (Å²) in [7, 11) is -0.793. The third kappa shape index (κ3) is 4.46. The van der Waals surface area contributed by atoms with Crippen LogP contribution in [0.25, 0.3) is 0 Å². The minimum atomic E-state index is -2.52. The second-order valence-corrected chi connectivity index (χ2v) is 12.2. The number of nitrogens with zero attached hydrogens (tertiary/aromatic N) is 3. The Morgan fingerprint density at radius 2 is 2.07 bits per heavy atom. The Kier molecular flexibility index (Phi) is 6.54. The van der Waals surface area contributed by atoms with Crippen molar-refractivity contribution in [2.45, 2.75) is 57.2 Å². The number of aliphatic hydroxyl groups excluding tert-OH is 1. The average molecular weight is 406 g/mol. The van der Waals surface area contributed by atoms with Gasteiger partial charge in [0.1, 0.15) is 11.9 Å². The van der Waals surface area contributed by atoms with E-state index >= 15 is 0 Å². The van der Waals surface area contributed by atoms with Gasteiger partial charge in [0.2, 0.25) is 0 Å². The summed E-state index contributed by atoms with van der Waals surface area (Å²) in [6.45, 7) is 6.77. The fraction of sp³-hybridized carbons (Fsp3) is 0.600. The van der Waals surface area contributed by atoms with E-state index in [0.717, 1.165) is 23.4 Å². The number of benzene rings is 1. The first-order chi connectivity index (χ1) is 13.3. The molecular formula is C20H31N3O4Si. The predicted octanol–water partition coefficient (Wildman–Crippen LogP) is 2.56. The maximum absolute atomic E-state index is 11.1. The lowest BCUT2D eigenvalue weighted by Gasteiger charge is -2.43. The number of hydrogen-bond donors (Lipinski definition) is 2. The van der Waals surface area contributed by atoms with Gasteiger partial charge in [0.05, 0.1) is 11.8 Å². The third-order valence-corrected chi connectivity index (χ3v) is 8.10. The molecule has 154 valence electrons. The Labute approximate surface area is 167 Å². The molecule has 2 heterocycles. The van der Waals surface area contributed by atoms with Crippen molar-refractivity contribution < 1.29 is 19.4 Å². The summed E-state index contributed by atoms with van der Waals surface area (Å²) in [5.41, 5.74) is 1.85. The number of methoxy groups -OCH3 is 1. The van der Waals surface area contributed by atoms with Crippen LogP contribution in [0, 0.1) is 5.92 Å². The fourth-order valence-corrected chi connectivity index (χ4v) is 6.20. The first-order valence-corrected chi connectivity index (χ1v) is 12.9. The molecule has 0 fully saturated rings. The molecule has 2 aromatic rings. The van der Waals surface area contributed by atoms with E-state index in [1.165, 1.54) is 0 Å². The Morgan fingerprint density at radius 3 is 2.75 bits per heavy atom. The second-order valence-electron chi connectivity index (χ2n) is 8.13. The number of aromatic nitrogens is 3. The van der Waals surface area contributed by atoms with Crippen molar-refractivity contribution in [3.05, 3.63) is 41.7 Å². The molecule has 0 spiro atoms. The summed E-state index contributed by atoms with van der Waals surface area (Å²) in [6, 6.07) is 7.98. The van der Waals surface area contributed by atoms with Gasteiger partial charge in [-0.15, -0.1) is 5.10 Å². The van der Waals surface area contributed by atoms with Gasteiger partial charge in [-0.2, -0.15) is 0 Å². The van der Waals surface area contributed by atoms with E-state index in [0.29, 0.717) is 13.0 Å². The summed E-state index contributed by atoms with van der Waals surface area (Å²) in [5, 5.41) is 17.3. The van der Waals surface area contributed by atoms with Crippen LogP contribution in [0.1, 0.15) is 30.7 Å². The van der Waals surface area contributed by atoms with Crippen LogP contribution >= 0.6 is 0 Å². The molecule has 1 aromatic heterocycles. The highest BCUT2D eigenvalue weighted by Gasteiger charge is 2.45. The number of aryl methyl sites for hydroxylation is 1. The van der Waals surface area contributed by atoms with Crippen LogP contribution in [0.3, 0.4) is 0 Å². The van der Waals surface area contributed by atoms with Crippen molar-refractivity contribution >= 4 is 8.32 Å². The summed E-state index contributed by atoms with van der Waals surface area (Å²) in [5.74, 6) is 0.955. The Morgan fingerprint density at radius 1 is 1.32 bits per heavy atom. The van der Waals surface area contributed by atoms with Crippen molar-refractivity contribution in [2.75, 3.05) is 13.7 Å². The molecule has 2 N–H and O–H groups in total. The minimum absolute atomic E-state index is 0.0130. The molecule has 0 saturated heterocycles. The maximum atomic E-state index is 11.1. The van der Waals surface area contributed by atoms with E-state index in [-0.39, 0.29) is 30.3 Å². The summed E-state index contributed by atoms with van der Waals surface area (Å²) >= 11 is 0. The van der Waals surface area contributed by atoms with Crippen LogP contribution in [0.2, 0.25) is 18.6 Å². The van der Waals surface area contributed by atoms with Crippen molar-refractivity contribution in [1.82, 2.24) is 15.0 Å². The van der Waals surface area contributed by atoms with Gasteiger partial charge in [-0.1, -0.05) is 30.3 Å². The number of hydrogen-bond acceptors (Lipinski definition) is 6. The van der Waals surface area contributed by atoms with Crippen molar-refractivity contribution in [3.8, 4) is 5.75 Å². The molecule has 1 unspecified atom stereocenters. The normalized spacial score (nSPS) is 23.1. The van der Waals surface area contributed by atoms with Crippen LogP contribution in [0.4, 0.5) is 0 Å². The van der Waals surface area contributed by atoms with Crippen molar-refractivity contribution in [1.29, 1.82) is 0 Å². The number of fused-ring (bicyclic) bond motifs is 1. The molecular weight excluding hydrogens is 374 g/mol. The number of aliphatic hydroxyl groups is 1. The second kappa shape index (κ2) is 8.73. The van der Waals surface area contributed by atoms with Gasteiger partial charge in [-0.05, 0) is 25.6 Å². The SMILES string of the molecule is CO[C@H]1c2ccccc2O[C@@H](C(CCn2cc(CCO)nn2)[Si](C)(C)O)[C@@H]1C. The Bertz CT molecular complexity index is 777. The molecule has 28 heavy (non-hydrogen) atoms. The van der Waals surface area contributed by atoms with Crippen LogP contribution in [-0.2, 0) is 17.7 Å². The van der Waals surface area contributed by atoms with Gasteiger partial charge in [0.25, 0.3) is 0 Å². The van der Waals surface area contributed by atoms with Crippen molar-refractivity contribution in [3.63, 3.8) is 0 Å². The zero-order valence-corrected chi connectivity index (χ0v) is 18.1. The van der Waals surface area contributed by atoms with Crippen LogP contribution in [-0.4, -0.2) is 53.0 Å². The van der Waals surface area contributed by atoms with Gasteiger partial charge in [-0.25, -0.2) is 0 Å². The monoisotopic (exact) mass is 405 g/mol. The van der Waals surface area contributed by atoms with Gasteiger partial charge in [-0.3, -0.25) is 4.68 Å². The summed E-state index contributed by atoms with van der Waals surface area (Å²) in [6.07, 6.45) is 2.91. The molecule has 0 radical (unpaired) electrons. The highest BCUT2D eigenvalue weighted by molar-refractivity contribution is 6.71. The quantitative estimate of drug-likeness (QED) is 0.656. The first kappa shape index (κ1) is 21.0. The van der Waals surface area contributed by atoms with E-state index in [1.54, 1.807) is 11.8 Å². The molecule has 0 bridgehead atoms. The topological polar surface area (TPSA) is 89.6 Å². The van der Waals surface area contributed by atoms with E-state index in [4.69, 9.17) is 14.6 Å². The molecule has 3 rings (SSSR count). The minimum Gasteiger partial charge on any atom is -0.490 e. The van der Waals surface area contributed by atoms with E-state index in [9.17, 15) is 4.80 Å².